The van der Waals surface area contributed by atoms with Gasteiger partial charge in [0.1, 0.15) is 0 Å². The molecule has 0 fully saturated rings. The number of hydrogen-bond acceptors (Lipinski definition) is 5. The molecule has 0 aliphatic carbocycles. The number of hydrogen-bond donors (Lipinski definition) is 3. The predicted octanol–water partition coefficient (Wildman–Crippen LogP) is 5.59. The minimum atomic E-state index is -4.57. The molecule has 0 saturated carbocycles. The zero-order chi connectivity index (χ0) is 29.8. The lowest BCUT2D eigenvalue weighted by Crippen LogP contribution is -2.16. The van der Waals surface area contributed by atoms with Gasteiger partial charge < -0.3 is 10.4 Å². The van der Waals surface area contributed by atoms with Crippen molar-refractivity contribution in [2.75, 3.05) is 5.32 Å². The van der Waals surface area contributed by atoms with E-state index in [2.05, 4.69) is 20.5 Å². The van der Waals surface area contributed by atoms with Crippen LogP contribution in [0.2, 0.25) is 0 Å². The minimum Gasteiger partial charge on any atom is -0.389 e. The molecule has 0 aliphatic rings. The van der Waals surface area contributed by atoms with Crippen molar-refractivity contribution in [3.05, 3.63) is 106 Å². The summed E-state index contributed by atoms with van der Waals surface area (Å²) in [5.74, 6) is -0.388. The molecular formula is C30H23F3N6O3. The molecule has 3 heterocycles. The number of benzene rings is 3. The van der Waals surface area contributed by atoms with Gasteiger partial charge in [-0.1, -0.05) is 24.3 Å². The molecule has 3 N–H and O–H groups in total. The van der Waals surface area contributed by atoms with Gasteiger partial charge in [-0.05, 0) is 61.0 Å². The Hall–Kier alpha value is -5.23. The number of aromatic amines is 1. The lowest BCUT2D eigenvalue weighted by Gasteiger charge is -2.09. The van der Waals surface area contributed by atoms with Gasteiger partial charge >= 0.3 is 6.18 Å². The number of H-pyrrole nitrogens is 1. The van der Waals surface area contributed by atoms with E-state index in [9.17, 15) is 27.9 Å². The molecule has 0 spiro atoms. The quantitative estimate of drug-likeness (QED) is 0.249. The van der Waals surface area contributed by atoms with Crippen molar-refractivity contribution < 1.29 is 23.1 Å². The van der Waals surface area contributed by atoms with Gasteiger partial charge in [-0.25, -0.2) is 9.67 Å². The van der Waals surface area contributed by atoms with Crippen LogP contribution in [0.1, 0.15) is 34.5 Å². The van der Waals surface area contributed by atoms with E-state index in [0.29, 0.717) is 39.1 Å². The van der Waals surface area contributed by atoms with Crippen LogP contribution in [0.5, 0.6) is 0 Å². The van der Waals surface area contributed by atoms with Crippen molar-refractivity contribution >= 4 is 33.5 Å². The molecule has 9 nitrogen and oxygen atoms in total. The first-order valence-electron chi connectivity index (χ1n) is 12.8. The van der Waals surface area contributed by atoms with Gasteiger partial charge in [0.15, 0.2) is 5.65 Å². The van der Waals surface area contributed by atoms with Crippen LogP contribution in [0, 0.1) is 0 Å². The van der Waals surface area contributed by atoms with Crippen LogP contribution in [0.15, 0.2) is 83.8 Å². The molecular weight excluding hydrogens is 549 g/mol. The third-order valence-corrected chi connectivity index (χ3v) is 7.00. The highest BCUT2D eigenvalue weighted by atomic mass is 19.4. The first-order valence-corrected chi connectivity index (χ1v) is 12.8. The summed E-state index contributed by atoms with van der Waals surface area (Å²) in [5.41, 5.74) is 1.48. The van der Waals surface area contributed by atoms with E-state index in [0.717, 1.165) is 12.1 Å². The number of nitrogens with zero attached hydrogens (tertiary/aromatic N) is 4. The van der Waals surface area contributed by atoms with Gasteiger partial charge in [-0.3, -0.25) is 19.4 Å². The van der Waals surface area contributed by atoms with Gasteiger partial charge in [0.2, 0.25) is 0 Å². The maximum absolute atomic E-state index is 13.7. The zero-order valence-electron chi connectivity index (χ0n) is 22.3. The second kappa shape index (κ2) is 10.00. The van der Waals surface area contributed by atoms with Crippen LogP contribution in [0.3, 0.4) is 0 Å². The van der Waals surface area contributed by atoms with E-state index in [4.69, 9.17) is 0 Å². The van der Waals surface area contributed by atoms with Gasteiger partial charge in [0, 0.05) is 23.9 Å². The number of anilines is 1. The Morgan fingerprint density at radius 1 is 1.05 bits per heavy atom. The van der Waals surface area contributed by atoms with E-state index in [-0.39, 0.29) is 22.6 Å². The molecule has 3 aromatic heterocycles. The van der Waals surface area contributed by atoms with E-state index < -0.39 is 23.4 Å². The number of amides is 1. The number of nitrogens with one attached hydrogen (secondary N) is 2. The molecule has 1 amide bonds. The molecule has 0 saturated heterocycles. The first kappa shape index (κ1) is 27.0. The summed E-state index contributed by atoms with van der Waals surface area (Å²) in [6.07, 6.45) is -3.73. The molecule has 1 atom stereocenters. The maximum Gasteiger partial charge on any atom is 0.416 e. The first-order chi connectivity index (χ1) is 20.0. The Balaban J connectivity index is 1.41. The van der Waals surface area contributed by atoms with Crippen LogP contribution in [-0.4, -0.2) is 35.6 Å². The second-order valence-corrected chi connectivity index (χ2v) is 9.85. The monoisotopic (exact) mass is 572 g/mol. The number of aromatic nitrogens is 5. The predicted molar refractivity (Wildman–Crippen MR) is 151 cm³/mol. The summed E-state index contributed by atoms with van der Waals surface area (Å²) in [6, 6.07) is 17.8. The summed E-state index contributed by atoms with van der Waals surface area (Å²) >= 11 is 0. The lowest BCUT2D eigenvalue weighted by atomic mass is 10.0. The van der Waals surface area contributed by atoms with Crippen molar-refractivity contribution in [2.45, 2.75) is 19.2 Å². The smallest absolute Gasteiger partial charge is 0.389 e. The van der Waals surface area contributed by atoms with Crippen LogP contribution in [-0.2, 0) is 13.2 Å². The average molecular weight is 573 g/mol. The highest BCUT2D eigenvalue weighted by Gasteiger charge is 2.31. The largest absolute Gasteiger partial charge is 0.416 e. The number of carbonyl (C=O) groups excluding carboxylic acids is 1. The molecule has 212 valence electrons. The molecule has 6 aromatic rings. The Bertz CT molecular complexity index is 2040. The van der Waals surface area contributed by atoms with Crippen LogP contribution in [0.25, 0.3) is 38.9 Å². The molecule has 3 aromatic carbocycles. The molecule has 0 unspecified atom stereocenters. The van der Waals surface area contributed by atoms with Gasteiger partial charge in [-0.2, -0.15) is 18.3 Å². The average Bonchev–Trinajstić information content (AvgIpc) is 3.52. The second-order valence-electron chi connectivity index (χ2n) is 9.85. The van der Waals surface area contributed by atoms with Gasteiger partial charge in [0.25, 0.3) is 11.5 Å². The van der Waals surface area contributed by atoms with Crippen LogP contribution >= 0.6 is 0 Å². The van der Waals surface area contributed by atoms with E-state index in [1.165, 1.54) is 27.7 Å². The summed E-state index contributed by atoms with van der Waals surface area (Å²) in [6.45, 7) is 1.63. The number of aliphatic hydroxyl groups is 1. The zero-order valence-corrected chi connectivity index (χ0v) is 22.3. The number of alkyl halides is 3. The SMILES string of the molecule is C[C@H](O)c1cccc(NC(=O)c2ccc(-n3[nH]c4c(c(-c5cccc(C(F)(F)F)c5)nc5c4cnn5C)c3=O)cc2)c1. The summed E-state index contributed by atoms with van der Waals surface area (Å²) in [7, 11) is 1.65. The van der Waals surface area contributed by atoms with Crippen molar-refractivity contribution in [3.63, 3.8) is 0 Å². The van der Waals surface area contributed by atoms with Crippen LogP contribution in [0.4, 0.5) is 18.9 Å². The fraction of sp³-hybridized carbons (Fsp3) is 0.133. The topological polar surface area (TPSA) is 118 Å². The minimum absolute atomic E-state index is 0.0858. The highest BCUT2D eigenvalue weighted by molar-refractivity contribution is 6.08. The number of pyridine rings is 1. The Labute approximate surface area is 235 Å². The van der Waals surface area contributed by atoms with Crippen molar-refractivity contribution in [1.29, 1.82) is 0 Å². The van der Waals surface area contributed by atoms with E-state index >= 15 is 0 Å². The van der Waals surface area contributed by atoms with Gasteiger partial charge in [-0.15, -0.1) is 0 Å². The Morgan fingerprint density at radius 3 is 2.50 bits per heavy atom. The van der Waals surface area contributed by atoms with Crippen molar-refractivity contribution in [1.82, 2.24) is 24.5 Å². The summed E-state index contributed by atoms with van der Waals surface area (Å²) in [5, 5.41) is 20.5. The Morgan fingerprint density at radius 2 is 1.79 bits per heavy atom. The Kier molecular flexibility index (Phi) is 6.42. The third kappa shape index (κ3) is 4.71. The number of aryl methyl sites for hydroxylation is 1. The molecule has 0 aliphatic heterocycles. The van der Waals surface area contributed by atoms with E-state index in [1.807, 2.05) is 0 Å². The van der Waals surface area contributed by atoms with Gasteiger partial charge in [0.05, 0.1) is 45.5 Å². The molecule has 0 bridgehead atoms. The summed E-state index contributed by atoms with van der Waals surface area (Å²) < 4.78 is 43.2. The molecule has 42 heavy (non-hydrogen) atoms. The van der Waals surface area contributed by atoms with Crippen molar-refractivity contribution in [2.24, 2.45) is 7.05 Å². The number of fused-ring (bicyclic) bond motifs is 3. The van der Waals surface area contributed by atoms with Crippen molar-refractivity contribution in [3.8, 4) is 16.9 Å². The van der Waals surface area contributed by atoms with Crippen LogP contribution < -0.4 is 10.9 Å². The standard InChI is InChI=1S/C30H23F3N6O3/c1-16(40)18-5-4-8-21(14-18)35-28(41)17-9-11-22(12-10-17)39-29(42)24-25(19-6-3-7-20(13-19)30(31,32)33)36-27-23(26(24)37-39)15-34-38(27)2/h3-16,37,40H,1-2H3,(H,35,41)/t16-/m0/s1. The molecule has 12 heteroatoms. The van der Waals surface area contributed by atoms with E-state index in [1.54, 1.807) is 62.5 Å². The highest BCUT2D eigenvalue weighted by Crippen LogP contribution is 2.35. The molecule has 0 radical (unpaired) electrons. The number of aliphatic hydroxyl groups excluding tert-OH is 1. The number of carbonyl (C=O) groups is 1. The number of halogens is 3. The normalized spacial score (nSPS) is 12.6. The third-order valence-electron chi connectivity index (χ3n) is 7.00. The number of rotatable bonds is 5. The lowest BCUT2D eigenvalue weighted by molar-refractivity contribution is -0.137. The summed E-state index contributed by atoms with van der Waals surface area (Å²) in [4.78, 5) is 31.1. The fourth-order valence-electron chi connectivity index (χ4n) is 4.83. The fourth-order valence-corrected chi connectivity index (χ4v) is 4.83. The maximum atomic E-state index is 13.7. The molecule has 6 rings (SSSR count).